The van der Waals surface area contributed by atoms with Crippen molar-refractivity contribution in [1.29, 1.82) is 0 Å². The van der Waals surface area contributed by atoms with Crippen LogP contribution in [0, 0.1) is 6.92 Å². The number of aryl methyl sites for hydroxylation is 1. The van der Waals surface area contributed by atoms with Gasteiger partial charge in [-0.1, -0.05) is 29.8 Å². The summed E-state index contributed by atoms with van der Waals surface area (Å²) in [7, 11) is 1.57. The van der Waals surface area contributed by atoms with Crippen LogP contribution in [0.2, 0.25) is 0 Å². The molecule has 24 heavy (non-hydrogen) atoms. The molecule has 2 aromatic rings. The molecule has 0 saturated carbocycles. The summed E-state index contributed by atoms with van der Waals surface area (Å²) in [5.41, 5.74) is 2.19. The molecule has 7 nitrogen and oxygen atoms in total. The van der Waals surface area contributed by atoms with Crippen LogP contribution in [0.1, 0.15) is 22.6 Å². The summed E-state index contributed by atoms with van der Waals surface area (Å²) < 4.78 is 6.49. The third kappa shape index (κ3) is 1.94. The van der Waals surface area contributed by atoms with Crippen molar-refractivity contribution in [3.8, 4) is 0 Å². The maximum Gasteiger partial charge on any atom is 0.337 e. The number of carbonyl (C=O) groups excluding carboxylic acids is 1. The van der Waals surface area contributed by atoms with Crippen LogP contribution in [-0.2, 0) is 16.6 Å². The summed E-state index contributed by atoms with van der Waals surface area (Å²) >= 11 is 0. The Hall–Kier alpha value is -3.09. The highest BCUT2D eigenvalue weighted by Crippen LogP contribution is 2.42. The van der Waals surface area contributed by atoms with Gasteiger partial charge in [0.25, 0.3) is 5.56 Å². The second-order valence-electron chi connectivity index (χ2n) is 6.02. The fraction of sp³-hybridized carbons (Fsp3) is 0.235. The van der Waals surface area contributed by atoms with Crippen molar-refractivity contribution >= 4 is 11.8 Å². The maximum absolute atomic E-state index is 12.5. The van der Waals surface area contributed by atoms with Crippen LogP contribution < -0.4 is 16.6 Å². The molecule has 1 aromatic carbocycles. The first-order valence-corrected chi connectivity index (χ1v) is 7.54. The molecular weight excluding hydrogens is 310 g/mol. The zero-order chi connectivity index (χ0) is 17.0. The standard InChI is InChI=1S/C17H15N3O4/c1-8-4-3-5-9(6-8)11-12-10(7-24-16(12)22)18-14-13(11)15(21)19-17(23)20(14)2/h3-6,11,18H,7H2,1-2H3,(H,19,21,23). The van der Waals surface area contributed by atoms with E-state index in [-0.39, 0.29) is 6.61 Å². The molecule has 1 atom stereocenters. The Labute approximate surface area is 136 Å². The number of hydrogen-bond donors (Lipinski definition) is 2. The molecule has 2 N–H and O–H groups in total. The first-order valence-electron chi connectivity index (χ1n) is 7.54. The molecule has 0 saturated heterocycles. The maximum atomic E-state index is 12.5. The minimum atomic E-state index is -0.568. The predicted molar refractivity (Wildman–Crippen MR) is 86.9 cm³/mol. The molecule has 2 aliphatic heterocycles. The first kappa shape index (κ1) is 14.5. The number of carbonyl (C=O) groups is 1. The summed E-state index contributed by atoms with van der Waals surface area (Å²) in [5, 5.41) is 3.03. The Bertz CT molecular complexity index is 1030. The van der Waals surface area contributed by atoms with Gasteiger partial charge in [-0.3, -0.25) is 14.3 Å². The fourth-order valence-electron chi connectivity index (χ4n) is 3.34. The van der Waals surface area contributed by atoms with E-state index in [1.54, 1.807) is 7.05 Å². The Morgan fingerprint density at radius 3 is 2.79 bits per heavy atom. The van der Waals surface area contributed by atoms with Crippen molar-refractivity contribution < 1.29 is 9.53 Å². The summed E-state index contributed by atoms with van der Waals surface area (Å²) in [6.07, 6.45) is 0. The smallest absolute Gasteiger partial charge is 0.337 e. The van der Waals surface area contributed by atoms with Gasteiger partial charge in [-0.15, -0.1) is 0 Å². The molecule has 3 heterocycles. The van der Waals surface area contributed by atoms with Crippen LogP contribution in [0.25, 0.3) is 0 Å². The van der Waals surface area contributed by atoms with Gasteiger partial charge >= 0.3 is 11.7 Å². The highest BCUT2D eigenvalue weighted by Gasteiger charge is 2.41. The average Bonchev–Trinajstić information content (AvgIpc) is 2.92. The summed E-state index contributed by atoms with van der Waals surface area (Å²) in [4.78, 5) is 39.0. The number of benzene rings is 1. The van der Waals surface area contributed by atoms with Crippen molar-refractivity contribution in [3.05, 3.63) is 73.1 Å². The van der Waals surface area contributed by atoms with Crippen LogP contribution in [0.4, 0.5) is 5.82 Å². The minimum Gasteiger partial charge on any atom is -0.456 e. The van der Waals surface area contributed by atoms with Gasteiger partial charge in [0.05, 0.1) is 22.8 Å². The molecular formula is C17H15N3O4. The Kier molecular flexibility index (Phi) is 2.99. The summed E-state index contributed by atoms with van der Waals surface area (Å²) in [6, 6.07) is 7.62. The van der Waals surface area contributed by atoms with E-state index in [1.807, 2.05) is 31.2 Å². The second-order valence-corrected chi connectivity index (χ2v) is 6.02. The number of nitrogens with zero attached hydrogens (tertiary/aromatic N) is 1. The molecule has 0 spiro atoms. The number of esters is 1. The number of cyclic esters (lactones) is 1. The van der Waals surface area contributed by atoms with E-state index in [1.165, 1.54) is 4.57 Å². The Balaban J connectivity index is 2.07. The quantitative estimate of drug-likeness (QED) is 0.755. The van der Waals surface area contributed by atoms with E-state index in [2.05, 4.69) is 10.3 Å². The van der Waals surface area contributed by atoms with Crippen molar-refractivity contribution in [1.82, 2.24) is 9.55 Å². The number of aromatic nitrogens is 2. The zero-order valence-electron chi connectivity index (χ0n) is 13.2. The number of ether oxygens (including phenoxy) is 1. The molecule has 1 unspecified atom stereocenters. The van der Waals surface area contributed by atoms with Crippen LogP contribution in [-0.4, -0.2) is 22.1 Å². The van der Waals surface area contributed by atoms with E-state index in [9.17, 15) is 14.4 Å². The predicted octanol–water partition coefficient (Wildman–Crippen LogP) is 0.750. The molecule has 0 radical (unpaired) electrons. The molecule has 0 fully saturated rings. The number of H-pyrrole nitrogens is 1. The lowest BCUT2D eigenvalue weighted by Crippen LogP contribution is -2.37. The van der Waals surface area contributed by atoms with E-state index < -0.39 is 23.1 Å². The zero-order valence-corrected chi connectivity index (χ0v) is 13.2. The highest BCUT2D eigenvalue weighted by atomic mass is 16.5. The van der Waals surface area contributed by atoms with Gasteiger partial charge in [0.15, 0.2) is 0 Å². The molecule has 1 aromatic heterocycles. The molecule has 2 aliphatic rings. The lowest BCUT2D eigenvalue weighted by atomic mass is 9.82. The number of fused-ring (bicyclic) bond motifs is 1. The lowest BCUT2D eigenvalue weighted by molar-refractivity contribution is -0.136. The van der Waals surface area contributed by atoms with Crippen LogP contribution in [0.3, 0.4) is 0 Å². The monoisotopic (exact) mass is 325 g/mol. The molecule has 7 heteroatoms. The third-order valence-electron chi connectivity index (χ3n) is 4.47. The second kappa shape index (κ2) is 4.95. The van der Waals surface area contributed by atoms with E-state index in [0.717, 1.165) is 11.1 Å². The largest absolute Gasteiger partial charge is 0.456 e. The van der Waals surface area contributed by atoms with Crippen molar-refractivity contribution in [2.75, 3.05) is 11.9 Å². The van der Waals surface area contributed by atoms with Gasteiger partial charge in [0.1, 0.15) is 12.4 Å². The third-order valence-corrected chi connectivity index (χ3v) is 4.47. The van der Waals surface area contributed by atoms with E-state index in [0.29, 0.717) is 22.7 Å². The first-order chi connectivity index (χ1) is 11.5. The van der Waals surface area contributed by atoms with Crippen LogP contribution >= 0.6 is 0 Å². The topological polar surface area (TPSA) is 93.2 Å². The lowest BCUT2D eigenvalue weighted by Gasteiger charge is -2.27. The van der Waals surface area contributed by atoms with Gasteiger partial charge in [-0.2, -0.15) is 0 Å². The number of aromatic amines is 1. The van der Waals surface area contributed by atoms with Crippen LogP contribution in [0.15, 0.2) is 45.1 Å². The molecule has 122 valence electrons. The summed E-state index contributed by atoms with van der Waals surface area (Å²) in [6.45, 7) is 2.05. The van der Waals surface area contributed by atoms with Gasteiger partial charge in [-0.05, 0) is 12.5 Å². The molecule has 0 amide bonds. The normalized spacial score (nSPS) is 18.8. The van der Waals surface area contributed by atoms with E-state index in [4.69, 9.17) is 4.74 Å². The van der Waals surface area contributed by atoms with Crippen molar-refractivity contribution in [2.24, 2.45) is 7.05 Å². The minimum absolute atomic E-state index is 0.108. The number of nitrogens with one attached hydrogen (secondary N) is 2. The Morgan fingerprint density at radius 2 is 2.04 bits per heavy atom. The van der Waals surface area contributed by atoms with Gasteiger partial charge in [-0.25, -0.2) is 9.59 Å². The number of rotatable bonds is 1. The van der Waals surface area contributed by atoms with Gasteiger partial charge in [0.2, 0.25) is 0 Å². The number of hydrogen-bond acceptors (Lipinski definition) is 5. The van der Waals surface area contributed by atoms with Crippen LogP contribution in [0.5, 0.6) is 0 Å². The van der Waals surface area contributed by atoms with Gasteiger partial charge < -0.3 is 10.1 Å². The molecule has 0 aliphatic carbocycles. The number of anilines is 1. The average molecular weight is 325 g/mol. The van der Waals surface area contributed by atoms with Gasteiger partial charge in [0, 0.05) is 7.05 Å². The van der Waals surface area contributed by atoms with Crippen molar-refractivity contribution in [3.63, 3.8) is 0 Å². The highest BCUT2D eigenvalue weighted by molar-refractivity contribution is 5.96. The summed E-state index contributed by atoms with van der Waals surface area (Å²) in [5.74, 6) is -0.614. The SMILES string of the molecule is Cc1cccc(C2C3=C(COC3=O)Nc3c2c(=O)[nH]c(=O)n3C)c1. The van der Waals surface area contributed by atoms with Crippen molar-refractivity contribution in [2.45, 2.75) is 12.8 Å². The Morgan fingerprint density at radius 1 is 1.25 bits per heavy atom. The molecule has 4 rings (SSSR count). The molecule has 0 bridgehead atoms. The van der Waals surface area contributed by atoms with E-state index >= 15 is 0 Å². The fourth-order valence-corrected chi connectivity index (χ4v) is 3.34.